The summed E-state index contributed by atoms with van der Waals surface area (Å²) in [5.74, 6) is -0.406. The van der Waals surface area contributed by atoms with Gasteiger partial charge in [0.1, 0.15) is 5.41 Å². The van der Waals surface area contributed by atoms with Crippen molar-refractivity contribution in [3.05, 3.63) is 64.1 Å². The van der Waals surface area contributed by atoms with Crippen molar-refractivity contribution in [2.24, 2.45) is 5.41 Å². The number of benzene rings is 2. The Bertz CT molecular complexity index is 917. The lowest BCUT2D eigenvalue weighted by atomic mass is 10.0. The Hall–Kier alpha value is -1.68. The Morgan fingerprint density at radius 2 is 1.76 bits per heavy atom. The summed E-state index contributed by atoms with van der Waals surface area (Å²) >= 11 is 3.38. The molecule has 0 spiro atoms. The molecular formula is C19H18BrNO3S. The summed E-state index contributed by atoms with van der Waals surface area (Å²) in [6, 6.07) is 16.4. The maximum absolute atomic E-state index is 13.2. The van der Waals surface area contributed by atoms with Gasteiger partial charge in [0.05, 0.1) is 22.8 Å². The molecular weight excluding hydrogens is 402 g/mol. The van der Waals surface area contributed by atoms with Gasteiger partial charge in [-0.3, -0.25) is 0 Å². The van der Waals surface area contributed by atoms with Crippen LogP contribution in [-0.2, 0) is 14.6 Å². The van der Waals surface area contributed by atoms with Gasteiger partial charge in [-0.1, -0.05) is 45.8 Å². The number of ether oxygens (including phenoxy) is 1. The van der Waals surface area contributed by atoms with E-state index < -0.39 is 26.4 Å². The Morgan fingerprint density at radius 3 is 2.28 bits per heavy atom. The van der Waals surface area contributed by atoms with Crippen molar-refractivity contribution in [3.63, 3.8) is 0 Å². The number of methoxy groups -OCH3 is 1. The highest BCUT2D eigenvalue weighted by molar-refractivity contribution is 9.10. The largest absolute Gasteiger partial charge is 0.383 e. The highest BCUT2D eigenvalue weighted by Crippen LogP contribution is 2.63. The molecule has 0 amide bonds. The molecule has 2 aromatic carbocycles. The SMILES string of the molecule is COCC1(C#N)C(c2ccc(Br)cc2)C1S(=O)(=O)c1ccc(C)cc1. The molecule has 25 heavy (non-hydrogen) atoms. The Morgan fingerprint density at radius 1 is 1.16 bits per heavy atom. The summed E-state index contributed by atoms with van der Waals surface area (Å²) in [5, 5.41) is 8.98. The second-order valence-corrected chi connectivity index (χ2v) is 9.38. The Kier molecular flexibility index (Phi) is 4.76. The van der Waals surface area contributed by atoms with E-state index in [0.29, 0.717) is 0 Å². The van der Waals surface area contributed by atoms with Crippen molar-refractivity contribution in [2.45, 2.75) is 23.0 Å². The van der Waals surface area contributed by atoms with Crippen LogP contribution in [0.25, 0.3) is 0 Å². The molecule has 3 atom stereocenters. The third-order valence-corrected chi connectivity index (χ3v) is 7.58. The number of hydrogen-bond acceptors (Lipinski definition) is 4. The predicted molar refractivity (Wildman–Crippen MR) is 99.0 cm³/mol. The van der Waals surface area contributed by atoms with Gasteiger partial charge in [-0.25, -0.2) is 8.42 Å². The molecule has 0 radical (unpaired) electrons. The van der Waals surface area contributed by atoms with Gasteiger partial charge in [-0.05, 0) is 36.8 Å². The zero-order chi connectivity index (χ0) is 18.2. The van der Waals surface area contributed by atoms with E-state index in [1.165, 1.54) is 7.11 Å². The van der Waals surface area contributed by atoms with Crippen molar-refractivity contribution in [3.8, 4) is 6.07 Å². The highest BCUT2D eigenvalue weighted by atomic mass is 79.9. The fourth-order valence-electron chi connectivity index (χ4n) is 3.45. The van der Waals surface area contributed by atoms with Crippen LogP contribution in [0.2, 0.25) is 0 Å². The molecule has 0 heterocycles. The number of nitriles is 1. The Labute approximate surface area is 156 Å². The summed E-state index contributed by atoms with van der Waals surface area (Å²) in [5.41, 5.74) is 0.761. The first kappa shape index (κ1) is 18.1. The van der Waals surface area contributed by atoms with Crippen LogP contribution in [0.15, 0.2) is 57.9 Å². The van der Waals surface area contributed by atoms with Crippen LogP contribution in [0, 0.1) is 23.7 Å². The lowest BCUT2D eigenvalue weighted by Crippen LogP contribution is -2.19. The quantitative estimate of drug-likeness (QED) is 0.737. The second-order valence-electron chi connectivity index (χ2n) is 6.39. The minimum Gasteiger partial charge on any atom is -0.383 e. The van der Waals surface area contributed by atoms with E-state index in [2.05, 4.69) is 22.0 Å². The minimum absolute atomic E-state index is 0.0833. The zero-order valence-electron chi connectivity index (χ0n) is 13.9. The topological polar surface area (TPSA) is 67.2 Å². The van der Waals surface area contributed by atoms with Crippen molar-refractivity contribution in [2.75, 3.05) is 13.7 Å². The summed E-state index contributed by atoms with van der Waals surface area (Å²) in [4.78, 5) is 0.249. The molecule has 6 heteroatoms. The molecule has 3 unspecified atom stereocenters. The van der Waals surface area contributed by atoms with Crippen LogP contribution >= 0.6 is 15.9 Å². The van der Waals surface area contributed by atoms with Gasteiger partial charge < -0.3 is 4.74 Å². The van der Waals surface area contributed by atoms with E-state index in [1.807, 2.05) is 31.2 Å². The molecule has 0 aliphatic heterocycles. The smallest absolute Gasteiger partial charge is 0.183 e. The normalized spacial score (nSPS) is 25.4. The van der Waals surface area contributed by atoms with E-state index >= 15 is 0 Å². The van der Waals surface area contributed by atoms with E-state index in [9.17, 15) is 13.7 Å². The van der Waals surface area contributed by atoms with E-state index in [4.69, 9.17) is 4.74 Å². The number of rotatable bonds is 5. The molecule has 1 aliphatic carbocycles. The number of sulfone groups is 1. The molecule has 1 fully saturated rings. The average molecular weight is 420 g/mol. The molecule has 4 nitrogen and oxygen atoms in total. The fraction of sp³-hybridized carbons (Fsp3) is 0.316. The number of aryl methyl sites for hydroxylation is 1. The van der Waals surface area contributed by atoms with Gasteiger partial charge in [0.25, 0.3) is 0 Å². The van der Waals surface area contributed by atoms with Crippen LogP contribution in [-0.4, -0.2) is 27.4 Å². The van der Waals surface area contributed by atoms with E-state index in [-0.39, 0.29) is 11.5 Å². The summed E-state index contributed by atoms with van der Waals surface area (Å²) < 4.78 is 32.5. The van der Waals surface area contributed by atoms with Gasteiger partial charge in [0.15, 0.2) is 9.84 Å². The van der Waals surface area contributed by atoms with E-state index in [0.717, 1.165) is 15.6 Å². The van der Waals surface area contributed by atoms with Gasteiger partial charge in [-0.2, -0.15) is 5.26 Å². The Balaban J connectivity index is 2.07. The molecule has 0 saturated heterocycles. The molecule has 130 valence electrons. The molecule has 0 aromatic heterocycles. The predicted octanol–water partition coefficient (Wildman–Crippen LogP) is 3.85. The zero-order valence-corrected chi connectivity index (χ0v) is 16.3. The number of hydrogen-bond donors (Lipinski definition) is 0. The number of nitrogens with zero attached hydrogens (tertiary/aromatic N) is 1. The monoisotopic (exact) mass is 419 g/mol. The highest BCUT2D eigenvalue weighted by Gasteiger charge is 2.72. The second kappa shape index (κ2) is 6.56. The lowest BCUT2D eigenvalue weighted by molar-refractivity contribution is 0.162. The summed E-state index contributed by atoms with van der Waals surface area (Å²) in [7, 11) is -2.15. The number of halogens is 1. The maximum atomic E-state index is 13.2. The van der Waals surface area contributed by atoms with Gasteiger partial charge in [0, 0.05) is 17.5 Å². The third-order valence-electron chi connectivity index (χ3n) is 4.76. The van der Waals surface area contributed by atoms with Crippen LogP contribution in [0.3, 0.4) is 0 Å². The molecule has 1 saturated carbocycles. The van der Waals surface area contributed by atoms with Gasteiger partial charge in [0.2, 0.25) is 0 Å². The fourth-order valence-corrected chi connectivity index (χ4v) is 6.03. The summed E-state index contributed by atoms with van der Waals surface area (Å²) in [6.45, 7) is 1.99. The molecule has 3 rings (SSSR count). The molecule has 0 N–H and O–H groups in total. The van der Waals surface area contributed by atoms with Crippen molar-refractivity contribution >= 4 is 25.8 Å². The van der Waals surface area contributed by atoms with Gasteiger partial charge in [-0.15, -0.1) is 0 Å². The lowest BCUT2D eigenvalue weighted by Gasteiger charge is -2.08. The minimum atomic E-state index is -3.65. The first-order valence-electron chi connectivity index (χ1n) is 7.83. The first-order valence-corrected chi connectivity index (χ1v) is 10.2. The molecule has 2 aromatic rings. The average Bonchev–Trinajstić information content (AvgIpc) is 3.26. The molecule has 0 bridgehead atoms. The van der Waals surface area contributed by atoms with Crippen LogP contribution in [0.1, 0.15) is 17.0 Å². The first-order chi connectivity index (χ1) is 11.9. The van der Waals surface area contributed by atoms with Crippen LogP contribution in [0.4, 0.5) is 0 Å². The summed E-state index contributed by atoms with van der Waals surface area (Å²) in [6.07, 6.45) is 0. The van der Waals surface area contributed by atoms with Gasteiger partial charge >= 0.3 is 0 Å². The standard InChI is InChI=1S/C19H18BrNO3S/c1-13-3-9-16(10-4-13)25(22,23)18-17(19(18,11-21)12-24-2)14-5-7-15(20)8-6-14/h3-10,17-18H,12H2,1-2H3. The van der Waals surface area contributed by atoms with Crippen molar-refractivity contribution in [1.82, 2.24) is 0 Å². The van der Waals surface area contributed by atoms with E-state index in [1.54, 1.807) is 24.3 Å². The van der Waals surface area contributed by atoms with Crippen molar-refractivity contribution in [1.29, 1.82) is 5.26 Å². The van der Waals surface area contributed by atoms with Crippen molar-refractivity contribution < 1.29 is 13.2 Å². The third kappa shape index (κ3) is 3.01. The molecule has 1 aliphatic rings. The van der Waals surface area contributed by atoms with Crippen LogP contribution < -0.4 is 0 Å². The van der Waals surface area contributed by atoms with Crippen LogP contribution in [0.5, 0.6) is 0 Å². The maximum Gasteiger partial charge on any atom is 0.183 e.